The van der Waals surface area contributed by atoms with Crippen molar-refractivity contribution in [2.75, 3.05) is 6.54 Å². The van der Waals surface area contributed by atoms with E-state index in [1.807, 2.05) is 37.2 Å². The lowest BCUT2D eigenvalue weighted by molar-refractivity contribution is 0.163. The molecule has 0 aliphatic carbocycles. The summed E-state index contributed by atoms with van der Waals surface area (Å²) in [6.45, 7) is 2.74. The van der Waals surface area contributed by atoms with Crippen molar-refractivity contribution in [2.24, 2.45) is 7.05 Å². The van der Waals surface area contributed by atoms with Gasteiger partial charge in [0.1, 0.15) is 5.76 Å². The lowest BCUT2D eigenvalue weighted by Crippen LogP contribution is -2.43. The van der Waals surface area contributed by atoms with Crippen LogP contribution in [0.15, 0.2) is 35.2 Å². The van der Waals surface area contributed by atoms with Crippen molar-refractivity contribution in [1.82, 2.24) is 20.0 Å². The van der Waals surface area contributed by atoms with Gasteiger partial charge in [-0.05, 0) is 31.9 Å². The third-order valence-electron chi connectivity index (χ3n) is 4.45. The van der Waals surface area contributed by atoms with Crippen LogP contribution in [-0.4, -0.2) is 27.3 Å². The number of nitrogens with one attached hydrogen (secondary N) is 1. The summed E-state index contributed by atoms with van der Waals surface area (Å²) in [5.74, 6) is 0.871. The van der Waals surface area contributed by atoms with Crippen molar-refractivity contribution in [2.45, 2.75) is 44.7 Å². The van der Waals surface area contributed by atoms with Gasteiger partial charge >= 0.3 is 6.03 Å². The fourth-order valence-corrected chi connectivity index (χ4v) is 3.14. The van der Waals surface area contributed by atoms with Crippen LogP contribution in [0.3, 0.4) is 0 Å². The molecule has 3 rings (SSSR count). The van der Waals surface area contributed by atoms with Crippen LogP contribution < -0.4 is 5.32 Å². The van der Waals surface area contributed by atoms with Crippen molar-refractivity contribution < 1.29 is 9.21 Å². The molecule has 0 radical (unpaired) electrons. The molecule has 1 aliphatic heterocycles. The summed E-state index contributed by atoms with van der Waals surface area (Å²) in [7, 11) is 1.87. The molecule has 0 bridgehead atoms. The van der Waals surface area contributed by atoms with E-state index in [1.165, 1.54) is 0 Å². The van der Waals surface area contributed by atoms with Crippen LogP contribution in [0, 0.1) is 0 Å². The Morgan fingerprint density at radius 1 is 1.43 bits per heavy atom. The van der Waals surface area contributed by atoms with Crippen LogP contribution in [0.5, 0.6) is 0 Å². The number of likely N-dealkylation sites (tertiary alicyclic amines) is 1. The molecule has 124 valence electrons. The Hall–Kier alpha value is -2.24. The predicted molar refractivity (Wildman–Crippen MR) is 86.8 cm³/mol. The van der Waals surface area contributed by atoms with Crippen LogP contribution in [-0.2, 0) is 7.05 Å². The summed E-state index contributed by atoms with van der Waals surface area (Å²) in [6, 6.07) is 3.75. The highest BCUT2D eigenvalue weighted by Crippen LogP contribution is 2.30. The lowest BCUT2D eigenvalue weighted by atomic mass is 10.1. The number of aromatic nitrogens is 2. The normalized spacial score (nSPS) is 20.1. The number of aryl methyl sites for hydroxylation is 1. The molecule has 23 heavy (non-hydrogen) atoms. The fraction of sp³-hybridized carbons (Fsp3) is 0.529. The minimum atomic E-state index is -0.0725. The molecule has 2 atom stereocenters. The van der Waals surface area contributed by atoms with Gasteiger partial charge in [-0.1, -0.05) is 12.8 Å². The molecule has 1 saturated heterocycles. The van der Waals surface area contributed by atoms with E-state index < -0.39 is 0 Å². The van der Waals surface area contributed by atoms with Crippen LogP contribution in [0.4, 0.5) is 4.79 Å². The second kappa shape index (κ2) is 6.89. The molecule has 1 aliphatic rings. The summed E-state index contributed by atoms with van der Waals surface area (Å²) in [4.78, 5) is 14.7. The van der Waals surface area contributed by atoms with Gasteiger partial charge in [-0.25, -0.2) is 4.79 Å². The zero-order valence-corrected chi connectivity index (χ0v) is 13.7. The largest absolute Gasteiger partial charge is 0.467 e. The molecule has 1 fully saturated rings. The van der Waals surface area contributed by atoms with Gasteiger partial charge in [0.05, 0.1) is 24.5 Å². The molecule has 2 aromatic rings. The van der Waals surface area contributed by atoms with Crippen molar-refractivity contribution >= 4 is 6.03 Å². The van der Waals surface area contributed by atoms with E-state index >= 15 is 0 Å². The van der Waals surface area contributed by atoms with E-state index in [1.54, 1.807) is 17.1 Å². The zero-order valence-electron chi connectivity index (χ0n) is 13.7. The van der Waals surface area contributed by atoms with Gasteiger partial charge in [0, 0.05) is 25.4 Å². The Morgan fingerprint density at radius 3 is 3.00 bits per heavy atom. The Bertz CT molecular complexity index is 635. The highest BCUT2D eigenvalue weighted by atomic mass is 16.3. The van der Waals surface area contributed by atoms with Crippen LogP contribution >= 0.6 is 0 Å². The number of carbonyl (C=O) groups is 1. The number of amides is 2. The Labute approximate surface area is 136 Å². The van der Waals surface area contributed by atoms with E-state index in [-0.39, 0.29) is 18.1 Å². The van der Waals surface area contributed by atoms with E-state index in [4.69, 9.17) is 4.42 Å². The van der Waals surface area contributed by atoms with Crippen molar-refractivity contribution in [3.63, 3.8) is 0 Å². The van der Waals surface area contributed by atoms with Crippen molar-refractivity contribution in [3.8, 4) is 0 Å². The van der Waals surface area contributed by atoms with Gasteiger partial charge in [-0.2, -0.15) is 5.10 Å². The minimum Gasteiger partial charge on any atom is -0.467 e. The van der Waals surface area contributed by atoms with Crippen LogP contribution in [0.25, 0.3) is 0 Å². The zero-order chi connectivity index (χ0) is 16.2. The standard InChI is InChI=1S/C17H24N4O2/c1-13(14-11-18-20(2)12-14)19-17(22)21-9-5-3-4-7-15(21)16-8-6-10-23-16/h6,8,10-13,15H,3-5,7,9H2,1-2H3,(H,19,22)/t13-,15+/m1/s1. The van der Waals surface area contributed by atoms with E-state index in [2.05, 4.69) is 10.4 Å². The predicted octanol–water partition coefficient (Wildman–Crippen LogP) is 3.40. The smallest absolute Gasteiger partial charge is 0.318 e. The van der Waals surface area contributed by atoms with Crippen molar-refractivity contribution in [1.29, 1.82) is 0 Å². The summed E-state index contributed by atoms with van der Waals surface area (Å²) >= 11 is 0. The number of hydrogen-bond acceptors (Lipinski definition) is 3. The number of furan rings is 1. The number of nitrogens with zero attached hydrogens (tertiary/aromatic N) is 3. The maximum absolute atomic E-state index is 12.8. The third-order valence-corrected chi connectivity index (χ3v) is 4.45. The molecule has 2 aromatic heterocycles. The van der Waals surface area contributed by atoms with Gasteiger partial charge in [0.2, 0.25) is 0 Å². The number of hydrogen-bond donors (Lipinski definition) is 1. The van der Waals surface area contributed by atoms with Gasteiger partial charge in [-0.15, -0.1) is 0 Å². The van der Waals surface area contributed by atoms with Gasteiger partial charge in [0.15, 0.2) is 0 Å². The van der Waals surface area contributed by atoms with Crippen LogP contribution in [0.2, 0.25) is 0 Å². The fourth-order valence-electron chi connectivity index (χ4n) is 3.14. The first-order chi connectivity index (χ1) is 11.1. The highest BCUT2D eigenvalue weighted by molar-refractivity contribution is 5.75. The molecule has 3 heterocycles. The Balaban J connectivity index is 1.72. The monoisotopic (exact) mass is 316 g/mol. The quantitative estimate of drug-likeness (QED) is 0.944. The van der Waals surface area contributed by atoms with Crippen molar-refractivity contribution in [3.05, 3.63) is 42.1 Å². The maximum atomic E-state index is 12.8. The van der Waals surface area contributed by atoms with E-state index in [0.29, 0.717) is 0 Å². The molecule has 6 nitrogen and oxygen atoms in total. The maximum Gasteiger partial charge on any atom is 0.318 e. The molecule has 0 spiro atoms. The molecule has 0 saturated carbocycles. The second-order valence-electron chi connectivity index (χ2n) is 6.19. The highest BCUT2D eigenvalue weighted by Gasteiger charge is 2.29. The van der Waals surface area contributed by atoms with E-state index in [9.17, 15) is 4.79 Å². The molecule has 6 heteroatoms. The first-order valence-corrected chi connectivity index (χ1v) is 8.24. The molecule has 0 aromatic carbocycles. The summed E-state index contributed by atoms with van der Waals surface area (Å²) in [5.41, 5.74) is 1.00. The number of rotatable bonds is 3. The number of urea groups is 1. The average Bonchev–Trinajstić information content (AvgIpc) is 3.14. The molecular weight excluding hydrogens is 292 g/mol. The summed E-state index contributed by atoms with van der Waals surface area (Å²) in [6.07, 6.45) is 9.64. The Kier molecular flexibility index (Phi) is 4.69. The Morgan fingerprint density at radius 2 is 2.30 bits per heavy atom. The van der Waals surface area contributed by atoms with Gasteiger partial charge < -0.3 is 14.6 Å². The minimum absolute atomic E-state index is 0.0219. The number of carbonyl (C=O) groups excluding carboxylic acids is 1. The van der Waals surface area contributed by atoms with Gasteiger partial charge in [-0.3, -0.25) is 4.68 Å². The second-order valence-corrected chi connectivity index (χ2v) is 6.19. The van der Waals surface area contributed by atoms with Gasteiger partial charge in [0.25, 0.3) is 0 Å². The average molecular weight is 316 g/mol. The third kappa shape index (κ3) is 3.57. The first-order valence-electron chi connectivity index (χ1n) is 8.24. The summed E-state index contributed by atoms with van der Waals surface area (Å²) in [5, 5.41) is 7.26. The molecule has 0 unspecified atom stereocenters. The van der Waals surface area contributed by atoms with Crippen LogP contribution in [0.1, 0.15) is 56.0 Å². The lowest BCUT2D eigenvalue weighted by Gasteiger charge is -2.30. The van der Waals surface area contributed by atoms with E-state index in [0.717, 1.165) is 43.6 Å². The summed E-state index contributed by atoms with van der Waals surface area (Å²) < 4.78 is 7.31. The molecule has 1 N–H and O–H groups in total. The first kappa shape index (κ1) is 15.6. The SMILES string of the molecule is C[C@@H](NC(=O)N1CCCCC[C@H]1c1ccco1)c1cnn(C)c1. The molecule has 2 amide bonds. The topological polar surface area (TPSA) is 63.3 Å². The molecular formula is C17H24N4O2.